The fourth-order valence-corrected chi connectivity index (χ4v) is 2.64. The quantitative estimate of drug-likeness (QED) is 0.631. The average molecular weight is 192 g/mol. The minimum atomic E-state index is 0.836. The van der Waals surface area contributed by atoms with Gasteiger partial charge in [-0.25, -0.2) is 0 Å². The lowest BCUT2D eigenvalue weighted by Gasteiger charge is -2.11. The normalized spacial score (nSPS) is 13.9. The molecule has 0 fully saturated rings. The Morgan fingerprint density at radius 3 is 2.18 bits per heavy atom. The SMILES string of the molecule is CCSCC(C)SCC(C)C. The second-order valence-corrected chi connectivity index (χ2v) is 5.99. The topological polar surface area (TPSA) is 0 Å². The Bertz CT molecular complexity index is 81.6. The van der Waals surface area contributed by atoms with Crippen molar-refractivity contribution in [3.63, 3.8) is 0 Å². The van der Waals surface area contributed by atoms with Crippen LogP contribution in [0.4, 0.5) is 0 Å². The second kappa shape index (κ2) is 7.35. The molecule has 1 unspecified atom stereocenters. The van der Waals surface area contributed by atoms with Crippen LogP contribution in [0.3, 0.4) is 0 Å². The van der Waals surface area contributed by atoms with Crippen LogP contribution in [0.1, 0.15) is 27.7 Å². The van der Waals surface area contributed by atoms with E-state index in [1.165, 1.54) is 17.3 Å². The Morgan fingerprint density at radius 2 is 1.73 bits per heavy atom. The summed E-state index contributed by atoms with van der Waals surface area (Å²) < 4.78 is 0. The molecule has 2 heteroatoms. The first-order valence-corrected chi connectivity index (χ1v) is 6.56. The molecule has 0 bridgehead atoms. The van der Waals surface area contributed by atoms with Crippen LogP contribution in [-0.4, -0.2) is 22.5 Å². The van der Waals surface area contributed by atoms with Gasteiger partial charge in [0.1, 0.15) is 0 Å². The van der Waals surface area contributed by atoms with Crippen LogP contribution in [-0.2, 0) is 0 Å². The molecule has 0 aromatic rings. The van der Waals surface area contributed by atoms with Crippen molar-refractivity contribution >= 4 is 23.5 Å². The molecule has 0 nitrogen and oxygen atoms in total. The molecule has 0 aliphatic heterocycles. The van der Waals surface area contributed by atoms with Crippen LogP contribution in [0.5, 0.6) is 0 Å². The van der Waals surface area contributed by atoms with Gasteiger partial charge in [0.15, 0.2) is 0 Å². The van der Waals surface area contributed by atoms with E-state index in [0.717, 1.165) is 11.2 Å². The molecule has 0 amide bonds. The number of rotatable bonds is 6. The van der Waals surface area contributed by atoms with E-state index in [1.807, 2.05) is 11.8 Å². The van der Waals surface area contributed by atoms with E-state index in [2.05, 4.69) is 39.5 Å². The standard InChI is InChI=1S/C9H20S2/c1-5-10-7-9(4)11-6-8(2)3/h8-9H,5-7H2,1-4H3. The Labute approximate surface area is 79.9 Å². The van der Waals surface area contributed by atoms with Crippen LogP contribution >= 0.6 is 23.5 Å². The number of hydrogen-bond acceptors (Lipinski definition) is 2. The highest BCUT2D eigenvalue weighted by atomic mass is 32.2. The van der Waals surface area contributed by atoms with Gasteiger partial charge in [0.25, 0.3) is 0 Å². The molecule has 68 valence electrons. The minimum Gasteiger partial charge on any atom is -0.161 e. The molecule has 0 saturated heterocycles. The van der Waals surface area contributed by atoms with E-state index >= 15 is 0 Å². The van der Waals surface area contributed by atoms with Gasteiger partial charge in [0.2, 0.25) is 0 Å². The molecule has 0 heterocycles. The van der Waals surface area contributed by atoms with E-state index < -0.39 is 0 Å². The molecule has 0 aromatic heterocycles. The minimum absolute atomic E-state index is 0.836. The molecule has 0 radical (unpaired) electrons. The van der Waals surface area contributed by atoms with Gasteiger partial charge in [-0.3, -0.25) is 0 Å². The van der Waals surface area contributed by atoms with Gasteiger partial charge in [-0.15, -0.1) is 0 Å². The molecular weight excluding hydrogens is 172 g/mol. The van der Waals surface area contributed by atoms with Crippen LogP contribution in [0.25, 0.3) is 0 Å². The van der Waals surface area contributed by atoms with Crippen molar-refractivity contribution < 1.29 is 0 Å². The van der Waals surface area contributed by atoms with Crippen molar-refractivity contribution in [1.29, 1.82) is 0 Å². The van der Waals surface area contributed by atoms with Crippen LogP contribution in [0.15, 0.2) is 0 Å². The van der Waals surface area contributed by atoms with E-state index in [0.29, 0.717) is 0 Å². The zero-order valence-corrected chi connectivity index (χ0v) is 9.73. The zero-order valence-electron chi connectivity index (χ0n) is 8.09. The fraction of sp³-hybridized carbons (Fsp3) is 1.00. The third-order valence-corrected chi connectivity index (χ3v) is 4.22. The van der Waals surface area contributed by atoms with E-state index in [1.54, 1.807) is 0 Å². The summed E-state index contributed by atoms with van der Waals surface area (Å²) >= 11 is 4.15. The molecule has 0 aliphatic carbocycles. The Balaban J connectivity index is 3.15. The molecule has 0 spiro atoms. The highest BCUT2D eigenvalue weighted by Crippen LogP contribution is 2.18. The van der Waals surface area contributed by atoms with Crippen molar-refractivity contribution in [3.05, 3.63) is 0 Å². The smallest absolute Gasteiger partial charge is 0.0109 e. The summed E-state index contributed by atoms with van der Waals surface area (Å²) in [5.41, 5.74) is 0. The summed E-state index contributed by atoms with van der Waals surface area (Å²) in [6.07, 6.45) is 0. The predicted molar refractivity (Wildman–Crippen MR) is 59.8 cm³/mol. The second-order valence-electron chi connectivity index (χ2n) is 3.20. The lowest BCUT2D eigenvalue weighted by molar-refractivity contribution is 0.748. The molecule has 0 rings (SSSR count). The van der Waals surface area contributed by atoms with Crippen LogP contribution < -0.4 is 0 Å². The zero-order chi connectivity index (χ0) is 8.69. The number of hydrogen-bond donors (Lipinski definition) is 0. The lowest BCUT2D eigenvalue weighted by atomic mass is 10.3. The van der Waals surface area contributed by atoms with Gasteiger partial charge in [-0.05, 0) is 17.4 Å². The maximum atomic E-state index is 2.33. The first kappa shape index (κ1) is 11.7. The van der Waals surface area contributed by atoms with E-state index in [9.17, 15) is 0 Å². The molecule has 0 aliphatic rings. The summed E-state index contributed by atoms with van der Waals surface area (Å²) in [4.78, 5) is 0. The van der Waals surface area contributed by atoms with Gasteiger partial charge >= 0.3 is 0 Å². The molecule has 11 heavy (non-hydrogen) atoms. The highest BCUT2D eigenvalue weighted by Gasteiger charge is 2.02. The van der Waals surface area contributed by atoms with Crippen LogP contribution in [0.2, 0.25) is 0 Å². The van der Waals surface area contributed by atoms with Crippen molar-refractivity contribution in [2.24, 2.45) is 5.92 Å². The first-order chi connectivity index (χ1) is 5.16. The highest BCUT2D eigenvalue weighted by molar-refractivity contribution is 8.03. The molecule has 0 aromatic carbocycles. The van der Waals surface area contributed by atoms with E-state index in [-0.39, 0.29) is 0 Å². The summed E-state index contributed by atoms with van der Waals surface area (Å²) in [5, 5.41) is 0.836. The van der Waals surface area contributed by atoms with Crippen molar-refractivity contribution in [2.75, 3.05) is 17.3 Å². The van der Waals surface area contributed by atoms with Gasteiger partial charge in [-0.1, -0.05) is 27.7 Å². The van der Waals surface area contributed by atoms with E-state index in [4.69, 9.17) is 0 Å². The average Bonchev–Trinajstić information content (AvgIpc) is 1.97. The predicted octanol–water partition coefficient (Wildman–Crippen LogP) is 3.52. The fourth-order valence-electron chi connectivity index (χ4n) is 0.689. The first-order valence-electron chi connectivity index (χ1n) is 4.36. The maximum Gasteiger partial charge on any atom is 0.0109 e. The van der Waals surface area contributed by atoms with Gasteiger partial charge in [0, 0.05) is 11.0 Å². The van der Waals surface area contributed by atoms with Gasteiger partial charge in [-0.2, -0.15) is 23.5 Å². The van der Waals surface area contributed by atoms with Gasteiger partial charge < -0.3 is 0 Å². The summed E-state index contributed by atoms with van der Waals surface area (Å²) in [6, 6.07) is 0. The lowest BCUT2D eigenvalue weighted by Crippen LogP contribution is -2.04. The largest absolute Gasteiger partial charge is 0.161 e. The van der Waals surface area contributed by atoms with Crippen molar-refractivity contribution in [3.8, 4) is 0 Å². The van der Waals surface area contributed by atoms with Gasteiger partial charge in [0.05, 0.1) is 0 Å². The molecule has 1 atom stereocenters. The monoisotopic (exact) mass is 192 g/mol. The third kappa shape index (κ3) is 8.61. The maximum absolute atomic E-state index is 2.33. The Kier molecular flexibility index (Phi) is 7.82. The van der Waals surface area contributed by atoms with Crippen LogP contribution in [0, 0.1) is 5.92 Å². The van der Waals surface area contributed by atoms with Crippen molar-refractivity contribution in [2.45, 2.75) is 32.9 Å². The summed E-state index contributed by atoms with van der Waals surface area (Å²) in [5.74, 6) is 4.72. The molecular formula is C9H20S2. The third-order valence-electron chi connectivity index (χ3n) is 1.27. The summed E-state index contributed by atoms with van der Waals surface area (Å²) in [7, 11) is 0. The number of thioether (sulfide) groups is 2. The molecule has 0 saturated carbocycles. The Morgan fingerprint density at radius 1 is 1.09 bits per heavy atom. The summed E-state index contributed by atoms with van der Waals surface area (Å²) in [6.45, 7) is 9.12. The Hall–Kier alpha value is 0.700. The molecule has 0 N–H and O–H groups in total. The van der Waals surface area contributed by atoms with Crippen molar-refractivity contribution in [1.82, 2.24) is 0 Å².